The lowest BCUT2D eigenvalue weighted by Gasteiger charge is -2.14. The highest BCUT2D eigenvalue weighted by Crippen LogP contribution is 2.21. The van der Waals surface area contributed by atoms with Gasteiger partial charge in [-0.25, -0.2) is 8.42 Å². The molecule has 5 heteroatoms. The summed E-state index contributed by atoms with van der Waals surface area (Å²) in [7, 11) is -2.93. The van der Waals surface area contributed by atoms with E-state index in [9.17, 15) is 8.42 Å². The zero-order chi connectivity index (χ0) is 9.35. The first-order valence-electron chi connectivity index (χ1n) is 4.05. The Hall–Kier alpha value is -0.130. The van der Waals surface area contributed by atoms with Crippen molar-refractivity contribution in [3.05, 3.63) is 0 Å². The second-order valence-electron chi connectivity index (χ2n) is 3.59. The first-order valence-corrected chi connectivity index (χ1v) is 5.87. The summed E-state index contributed by atoms with van der Waals surface area (Å²) in [5, 5.41) is 9.05. The van der Waals surface area contributed by atoms with Gasteiger partial charge in [-0.15, -0.1) is 0 Å². The lowest BCUT2D eigenvalue weighted by Crippen LogP contribution is -2.30. The van der Waals surface area contributed by atoms with Crippen molar-refractivity contribution in [2.24, 2.45) is 11.7 Å². The topological polar surface area (TPSA) is 80.4 Å². The van der Waals surface area contributed by atoms with Gasteiger partial charge in [-0.3, -0.25) is 0 Å². The van der Waals surface area contributed by atoms with E-state index in [0.717, 1.165) is 0 Å². The van der Waals surface area contributed by atoms with Gasteiger partial charge in [0.15, 0.2) is 9.84 Å². The minimum Gasteiger partial charge on any atom is -0.393 e. The highest BCUT2D eigenvalue weighted by molar-refractivity contribution is 7.91. The number of hydrogen-bond acceptors (Lipinski definition) is 4. The molecule has 1 heterocycles. The summed E-state index contributed by atoms with van der Waals surface area (Å²) in [6.45, 7) is 1.65. The van der Waals surface area contributed by atoms with Crippen molar-refractivity contribution in [2.75, 3.05) is 11.5 Å². The van der Waals surface area contributed by atoms with Crippen LogP contribution in [0.4, 0.5) is 0 Å². The zero-order valence-electron chi connectivity index (χ0n) is 7.10. The number of sulfone groups is 1. The van der Waals surface area contributed by atoms with Crippen LogP contribution >= 0.6 is 0 Å². The molecule has 12 heavy (non-hydrogen) atoms. The van der Waals surface area contributed by atoms with Crippen molar-refractivity contribution < 1.29 is 13.5 Å². The highest BCUT2D eigenvalue weighted by Gasteiger charge is 2.35. The van der Waals surface area contributed by atoms with E-state index < -0.39 is 15.9 Å². The van der Waals surface area contributed by atoms with Gasteiger partial charge in [-0.1, -0.05) is 0 Å². The molecule has 1 aliphatic heterocycles. The van der Waals surface area contributed by atoms with Crippen LogP contribution in [0.5, 0.6) is 0 Å². The summed E-state index contributed by atoms with van der Waals surface area (Å²) >= 11 is 0. The van der Waals surface area contributed by atoms with E-state index in [1.54, 1.807) is 6.92 Å². The van der Waals surface area contributed by atoms with Gasteiger partial charge in [0, 0.05) is 6.04 Å². The fourth-order valence-electron chi connectivity index (χ4n) is 1.63. The summed E-state index contributed by atoms with van der Waals surface area (Å²) < 4.78 is 22.1. The number of rotatable bonds is 2. The molecule has 1 aliphatic rings. The fraction of sp³-hybridized carbons (Fsp3) is 1.00. The third-order valence-electron chi connectivity index (χ3n) is 2.16. The summed E-state index contributed by atoms with van der Waals surface area (Å²) in [6.07, 6.45) is 0.0229. The van der Waals surface area contributed by atoms with Crippen molar-refractivity contribution in [2.45, 2.75) is 25.5 Å². The van der Waals surface area contributed by atoms with Gasteiger partial charge in [-0.05, 0) is 19.3 Å². The third kappa shape index (κ3) is 2.43. The predicted molar refractivity (Wildman–Crippen MR) is 46.4 cm³/mol. The van der Waals surface area contributed by atoms with Crippen LogP contribution in [0.1, 0.15) is 13.3 Å². The van der Waals surface area contributed by atoms with Crippen LogP contribution in [0.25, 0.3) is 0 Å². The molecule has 1 fully saturated rings. The Balaban J connectivity index is 2.58. The number of aliphatic hydroxyl groups is 1. The van der Waals surface area contributed by atoms with Gasteiger partial charge in [0.25, 0.3) is 0 Å². The molecular formula is C7H15NO3S. The van der Waals surface area contributed by atoms with Crippen molar-refractivity contribution in [1.29, 1.82) is 0 Å². The highest BCUT2D eigenvalue weighted by atomic mass is 32.2. The molecule has 0 aromatic rings. The Kier molecular flexibility index (Phi) is 2.75. The largest absolute Gasteiger partial charge is 0.393 e. The van der Waals surface area contributed by atoms with E-state index >= 15 is 0 Å². The van der Waals surface area contributed by atoms with Crippen molar-refractivity contribution >= 4 is 9.84 Å². The molecule has 0 radical (unpaired) electrons. The molecule has 72 valence electrons. The smallest absolute Gasteiger partial charge is 0.152 e. The minimum atomic E-state index is -2.93. The van der Waals surface area contributed by atoms with Crippen molar-refractivity contribution in [3.63, 3.8) is 0 Å². The van der Waals surface area contributed by atoms with E-state index in [1.807, 2.05) is 0 Å². The second kappa shape index (κ2) is 3.32. The van der Waals surface area contributed by atoms with E-state index in [1.165, 1.54) is 0 Å². The molecule has 0 amide bonds. The number of nitrogens with two attached hydrogens (primary N) is 1. The molecule has 0 saturated carbocycles. The molecule has 4 nitrogen and oxygen atoms in total. The Morgan fingerprint density at radius 3 is 2.50 bits per heavy atom. The van der Waals surface area contributed by atoms with E-state index in [4.69, 9.17) is 10.8 Å². The zero-order valence-corrected chi connectivity index (χ0v) is 7.92. The van der Waals surface area contributed by atoms with Gasteiger partial charge in [-0.2, -0.15) is 0 Å². The van der Waals surface area contributed by atoms with Crippen molar-refractivity contribution in [1.82, 2.24) is 0 Å². The van der Waals surface area contributed by atoms with Gasteiger partial charge < -0.3 is 10.8 Å². The monoisotopic (exact) mass is 193 g/mol. The maximum absolute atomic E-state index is 11.1. The minimum absolute atomic E-state index is 0.0602. The molecule has 3 unspecified atom stereocenters. The van der Waals surface area contributed by atoms with Gasteiger partial charge in [0.1, 0.15) is 0 Å². The maximum atomic E-state index is 11.1. The standard InChI is InChI=1S/C7H15NO3S/c1-5(9)2-6-3-12(10,11)4-7(6)8/h5-7,9H,2-4,8H2,1H3. The molecule has 3 atom stereocenters. The van der Waals surface area contributed by atoms with E-state index in [0.29, 0.717) is 6.42 Å². The third-order valence-corrected chi connectivity index (χ3v) is 3.99. The average Bonchev–Trinajstić information content (AvgIpc) is 2.03. The van der Waals surface area contributed by atoms with Gasteiger partial charge >= 0.3 is 0 Å². The molecule has 0 aliphatic carbocycles. The van der Waals surface area contributed by atoms with Crippen LogP contribution in [-0.2, 0) is 9.84 Å². The summed E-state index contributed by atoms with van der Waals surface area (Å²) in [5.41, 5.74) is 5.61. The van der Waals surface area contributed by atoms with Crippen LogP contribution in [0.3, 0.4) is 0 Å². The molecule has 3 N–H and O–H groups in total. The fourth-order valence-corrected chi connectivity index (χ4v) is 3.66. The molecule has 1 rings (SSSR count). The average molecular weight is 193 g/mol. The quantitative estimate of drug-likeness (QED) is 0.597. The van der Waals surface area contributed by atoms with Crippen LogP contribution in [0.2, 0.25) is 0 Å². The summed E-state index contributed by atoms with van der Waals surface area (Å²) in [6, 6.07) is -0.287. The Morgan fingerprint density at radius 2 is 2.17 bits per heavy atom. The van der Waals surface area contributed by atoms with Crippen LogP contribution < -0.4 is 5.73 Å². The maximum Gasteiger partial charge on any atom is 0.152 e. The first kappa shape index (κ1) is 9.95. The Bertz CT molecular complexity index is 247. The lowest BCUT2D eigenvalue weighted by molar-refractivity contribution is 0.161. The van der Waals surface area contributed by atoms with Crippen LogP contribution in [0.15, 0.2) is 0 Å². The number of aliphatic hydroxyl groups excluding tert-OH is 1. The normalized spacial score (nSPS) is 36.6. The predicted octanol–water partition coefficient (Wildman–Crippen LogP) is -0.871. The SMILES string of the molecule is CC(O)CC1CS(=O)(=O)CC1N. The lowest BCUT2D eigenvalue weighted by atomic mass is 9.98. The Labute approximate surface area is 72.7 Å². The van der Waals surface area contributed by atoms with Crippen molar-refractivity contribution in [3.8, 4) is 0 Å². The Morgan fingerprint density at radius 1 is 1.58 bits per heavy atom. The van der Waals surface area contributed by atoms with Gasteiger partial charge in [0.2, 0.25) is 0 Å². The van der Waals surface area contributed by atoms with Gasteiger partial charge in [0.05, 0.1) is 17.6 Å². The molecule has 0 aromatic heterocycles. The molecule has 0 spiro atoms. The summed E-state index contributed by atoms with van der Waals surface area (Å²) in [4.78, 5) is 0. The molecule has 1 saturated heterocycles. The first-order chi connectivity index (χ1) is 5.41. The van der Waals surface area contributed by atoms with Crippen LogP contribution in [0, 0.1) is 5.92 Å². The molecule has 0 bridgehead atoms. The van der Waals surface area contributed by atoms with E-state index in [2.05, 4.69) is 0 Å². The molecular weight excluding hydrogens is 178 g/mol. The second-order valence-corrected chi connectivity index (χ2v) is 5.74. The van der Waals surface area contributed by atoms with E-state index in [-0.39, 0.29) is 23.5 Å². The molecule has 0 aromatic carbocycles. The number of hydrogen-bond donors (Lipinski definition) is 2. The summed E-state index contributed by atoms with van der Waals surface area (Å²) in [5.74, 6) is 0.152. The van der Waals surface area contributed by atoms with Crippen LogP contribution in [-0.4, -0.2) is 37.2 Å².